The largest absolute Gasteiger partial charge is 0.478 e. The molecule has 70 valence electrons. The van der Waals surface area contributed by atoms with Gasteiger partial charge >= 0.3 is 11.7 Å². The van der Waals surface area contributed by atoms with E-state index in [2.05, 4.69) is 10.4 Å². The quantitative estimate of drug-likeness (QED) is 0.592. The zero-order chi connectivity index (χ0) is 10.7. The lowest BCUT2D eigenvalue weighted by Crippen LogP contribution is -2.20. The molecule has 0 aromatic carbocycles. The van der Waals surface area contributed by atoms with Gasteiger partial charge in [-0.2, -0.15) is 9.36 Å². The summed E-state index contributed by atoms with van der Waals surface area (Å²) < 4.78 is 8.45. The highest BCUT2D eigenvalue weighted by Crippen LogP contribution is 1.91. The first-order valence-electron chi connectivity index (χ1n) is 4.00. The van der Waals surface area contributed by atoms with Gasteiger partial charge in [0, 0.05) is 14.6 Å². The number of carbonyl (C=O) groups is 1. The molecule has 0 atom stereocenters. The summed E-state index contributed by atoms with van der Waals surface area (Å²) in [5.74, 6) is -1.14. The third kappa shape index (κ3) is 1.81. The van der Waals surface area contributed by atoms with E-state index >= 15 is 0 Å². The Kier molecular flexibility index (Phi) is 1.91. The molecule has 1 aromatic rings. The Morgan fingerprint density at radius 1 is 1.69 bits per heavy atom. The second-order valence-electron chi connectivity index (χ2n) is 2.32. The number of nitrogens with zero attached hydrogens (tertiary/aromatic N) is 4. The van der Waals surface area contributed by atoms with Crippen LogP contribution in [0.4, 0.5) is 0 Å². The van der Waals surface area contributed by atoms with Crippen LogP contribution in [0.3, 0.4) is 0 Å². The van der Waals surface area contributed by atoms with E-state index in [1.807, 2.05) is 0 Å². The van der Waals surface area contributed by atoms with E-state index in [1.165, 1.54) is 6.92 Å². The minimum absolute atomic E-state index is 0.0378. The van der Waals surface area contributed by atoms with Crippen molar-refractivity contribution in [2.24, 2.45) is 7.02 Å². The number of aromatic nitrogens is 4. The van der Waals surface area contributed by atoms with Crippen LogP contribution in [0, 0.1) is 0 Å². The summed E-state index contributed by atoms with van der Waals surface area (Å²) in [6.07, 6.45) is 1.05. The molecule has 0 amide bonds. The van der Waals surface area contributed by atoms with Gasteiger partial charge < -0.3 is 5.11 Å². The lowest BCUT2D eigenvalue weighted by Gasteiger charge is -1.90. The molecule has 0 radical (unpaired) electrons. The van der Waals surface area contributed by atoms with Crippen LogP contribution in [-0.4, -0.2) is 30.9 Å². The summed E-state index contributed by atoms with van der Waals surface area (Å²) in [5.41, 5.74) is -0.676. The minimum Gasteiger partial charge on any atom is -0.478 e. The molecule has 13 heavy (non-hydrogen) atoms. The van der Waals surface area contributed by atoms with Crippen LogP contribution in [0.25, 0.3) is 6.20 Å². The topological polar surface area (TPSA) is 90.0 Å². The minimum atomic E-state index is -1.14. The maximum absolute atomic E-state index is 11.2. The Morgan fingerprint density at radius 3 is 2.85 bits per heavy atom. The Morgan fingerprint density at radius 2 is 2.38 bits per heavy atom. The van der Waals surface area contributed by atoms with E-state index in [-0.39, 0.29) is 12.6 Å². The van der Waals surface area contributed by atoms with Crippen LogP contribution in [-0.2, 0) is 11.8 Å². The Labute approximate surface area is 74.3 Å². The summed E-state index contributed by atoms with van der Waals surface area (Å²) in [5, 5.41) is 15.2. The highest BCUT2D eigenvalue weighted by Gasteiger charge is 2.03. The monoisotopic (exact) mass is 185 g/mol. The van der Waals surface area contributed by atoms with Crippen molar-refractivity contribution in [3.8, 4) is 0 Å². The van der Waals surface area contributed by atoms with Crippen LogP contribution in [0.1, 0.15) is 8.29 Å². The molecule has 0 spiro atoms. The number of rotatable bonds is 2. The number of hydrogen-bond acceptors (Lipinski definition) is 4. The zero-order valence-corrected chi connectivity index (χ0v) is 6.84. The number of aliphatic carboxylic acids is 1. The van der Waals surface area contributed by atoms with Gasteiger partial charge in [0.05, 0.1) is 5.57 Å². The van der Waals surface area contributed by atoms with Crippen molar-refractivity contribution in [3.05, 3.63) is 16.1 Å². The number of aryl methyl sites for hydroxylation is 1. The molecule has 1 heterocycles. The molecular formula is C6H8N4O3. The number of hydrogen-bond donors (Lipinski definition) is 1. The highest BCUT2D eigenvalue weighted by molar-refractivity contribution is 5.89. The third-order valence-corrected chi connectivity index (χ3v) is 1.31. The lowest BCUT2D eigenvalue weighted by molar-refractivity contribution is -0.132. The van der Waals surface area contributed by atoms with Crippen LogP contribution < -0.4 is 5.69 Å². The van der Waals surface area contributed by atoms with Crippen molar-refractivity contribution in [1.29, 1.82) is 0 Å². The first-order chi connectivity index (χ1) is 6.56. The maximum Gasteiger partial charge on any atom is 0.367 e. The molecule has 1 aromatic heterocycles. The Bertz CT molecular complexity index is 433. The van der Waals surface area contributed by atoms with Crippen molar-refractivity contribution in [3.63, 3.8) is 0 Å². The molecule has 0 fully saturated rings. The first-order valence-corrected chi connectivity index (χ1v) is 3.29. The van der Waals surface area contributed by atoms with Gasteiger partial charge in [-0.25, -0.2) is 9.59 Å². The molecule has 0 saturated heterocycles. The Balaban J connectivity index is 3.10. The molecule has 7 nitrogen and oxygen atoms in total. The van der Waals surface area contributed by atoms with Gasteiger partial charge in [-0.1, -0.05) is 0 Å². The third-order valence-electron chi connectivity index (χ3n) is 1.31. The molecule has 0 saturated carbocycles. The van der Waals surface area contributed by atoms with Gasteiger partial charge in [0.2, 0.25) is 0 Å². The average molecular weight is 185 g/mol. The summed E-state index contributed by atoms with van der Waals surface area (Å²) in [4.78, 5) is 21.6. The van der Waals surface area contributed by atoms with Crippen molar-refractivity contribution in [1.82, 2.24) is 19.8 Å². The van der Waals surface area contributed by atoms with Crippen molar-refractivity contribution >= 4 is 12.2 Å². The molecule has 0 unspecified atom stereocenters. The van der Waals surface area contributed by atoms with Gasteiger partial charge in [-0.3, -0.25) is 0 Å². The van der Waals surface area contributed by atoms with E-state index in [1.54, 1.807) is 0 Å². The fourth-order valence-electron chi connectivity index (χ4n) is 0.606. The second kappa shape index (κ2) is 3.21. The molecule has 0 aliphatic rings. The van der Waals surface area contributed by atoms with E-state index in [4.69, 9.17) is 6.48 Å². The highest BCUT2D eigenvalue weighted by atomic mass is 16.4. The molecule has 0 bridgehead atoms. The fourth-order valence-corrected chi connectivity index (χ4v) is 0.606. The molecule has 0 aliphatic heterocycles. The molecule has 0 aliphatic carbocycles. The number of carboxylic acids is 1. The SMILES string of the molecule is [2H]Cn1nnn(/C=C(\C)C(=O)O)c1=O. The molecule has 7 heteroatoms. The van der Waals surface area contributed by atoms with Crippen LogP contribution >= 0.6 is 0 Å². The lowest BCUT2D eigenvalue weighted by atomic mass is 10.3. The van der Waals surface area contributed by atoms with Gasteiger partial charge in [-0.05, 0) is 17.4 Å². The van der Waals surface area contributed by atoms with Gasteiger partial charge in [0.1, 0.15) is 0 Å². The predicted molar refractivity (Wildman–Crippen MR) is 42.8 cm³/mol. The van der Waals surface area contributed by atoms with Gasteiger partial charge in [-0.15, -0.1) is 0 Å². The van der Waals surface area contributed by atoms with Crippen LogP contribution in [0.15, 0.2) is 10.4 Å². The van der Waals surface area contributed by atoms with Gasteiger partial charge in [0.25, 0.3) is 0 Å². The normalized spacial score (nSPS) is 12.7. The standard InChI is InChI=1S/C6H8N4O3/c1-4(5(11)12)3-10-6(13)9(2)7-8-10/h3H,1-2H3,(H,11,12)/b4-3+/i2D. The molecule has 1 N–H and O–H groups in total. The maximum atomic E-state index is 11.2. The fraction of sp³-hybridized carbons (Fsp3) is 0.333. The van der Waals surface area contributed by atoms with Crippen molar-refractivity contribution in [2.75, 3.05) is 0 Å². The van der Waals surface area contributed by atoms with E-state index in [0.29, 0.717) is 0 Å². The van der Waals surface area contributed by atoms with E-state index < -0.39 is 11.7 Å². The van der Waals surface area contributed by atoms with Crippen LogP contribution in [0.2, 0.25) is 0 Å². The summed E-state index contributed by atoms with van der Waals surface area (Å²) >= 11 is 0. The smallest absolute Gasteiger partial charge is 0.367 e. The first kappa shape index (κ1) is 7.71. The van der Waals surface area contributed by atoms with E-state index in [0.717, 1.165) is 15.6 Å². The summed E-state index contributed by atoms with van der Waals surface area (Å²) in [6, 6.07) is 0. The van der Waals surface area contributed by atoms with Crippen LogP contribution in [0.5, 0.6) is 0 Å². The number of carboxylic acid groups (broad SMARTS) is 1. The molecule has 1 rings (SSSR count). The van der Waals surface area contributed by atoms with Gasteiger partial charge in [0.15, 0.2) is 0 Å². The van der Waals surface area contributed by atoms with Crippen molar-refractivity contribution < 1.29 is 11.3 Å². The average Bonchev–Trinajstić information content (AvgIpc) is 2.47. The zero-order valence-electron chi connectivity index (χ0n) is 7.84. The molecular weight excluding hydrogens is 176 g/mol. The summed E-state index contributed by atoms with van der Waals surface area (Å²) in [7, 11) is -0.348. The van der Waals surface area contributed by atoms with E-state index in [9.17, 15) is 9.59 Å². The summed E-state index contributed by atoms with van der Waals surface area (Å²) in [6.45, 7) is 1.33. The number of tetrazole rings is 1. The van der Waals surface area contributed by atoms with Crippen molar-refractivity contribution in [2.45, 2.75) is 6.92 Å². The predicted octanol–water partition coefficient (Wildman–Crippen LogP) is -1.08. The Hall–Kier alpha value is -1.92. The second-order valence-corrected chi connectivity index (χ2v) is 2.32.